The van der Waals surface area contributed by atoms with Gasteiger partial charge in [0.2, 0.25) is 20.0 Å². The van der Waals surface area contributed by atoms with E-state index in [1.165, 1.54) is 8.61 Å². The van der Waals surface area contributed by atoms with Crippen LogP contribution in [0.3, 0.4) is 0 Å². The van der Waals surface area contributed by atoms with Crippen molar-refractivity contribution < 1.29 is 16.8 Å². The number of nitrogens with zero attached hydrogens (tertiary/aromatic N) is 2. The molecule has 0 unspecified atom stereocenters. The molecule has 8 heteroatoms. The Kier molecular flexibility index (Phi) is 6.79. The van der Waals surface area contributed by atoms with E-state index in [4.69, 9.17) is 0 Å². The summed E-state index contributed by atoms with van der Waals surface area (Å²) in [6.07, 6.45) is 1.98. The van der Waals surface area contributed by atoms with Gasteiger partial charge in [-0.25, -0.2) is 25.4 Å². The largest absolute Gasteiger partial charge is 0.218 e. The van der Waals surface area contributed by atoms with Crippen LogP contribution in [0.5, 0.6) is 0 Å². The molecule has 0 saturated carbocycles. The lowest BCUT2D eigenvalue weighted by Gasteiger charge is -2.21. The molecule has 1 aliphatic rings. The van der Waals surface area contributed by atoms with E-state index in [1.807, 2.05) is 25.1 Å². The van der Waals surface area contributed by atoms with Crippen molar-refractivity contribution in [2.24, 2.45) is 0 Å². The second-order valence-corrected chi connectivity index (χ2v) is 10.1. The molecule has 1 aromatic carbocycles. The Labute approximate surface area is 145 Å². The zero-order valence-corrected chi connectivity index (χ0v) is 15.7. The number of unbranched alkanes of at least 4 members (excludes halogenated alkanes) is 1. The highest BCUT2D eigenvalue weighted by Gasteiger charge is 2.29. The molecule has 0 atom stereocenters. The summed E-state index contributed by atoms with van der Waals surface area (Å²) in [5, 5.41) is 0. The summed E-state index contributed by atoms with van der Waals surface area (Å²) >= 11 is 0. The minimum atomic E-state index is -3.43. The van der Waals surface area contributed by atoms with Crippen molar-refractivity contribution in [3.05, 3.63) is 35.9 Å². The van der Waals surface area contributed by atoms with Gasteiger partial charge in [0, 0.05) is 26.2 Å². The number of sulfonamides is 2. The van der Waals surface area contributed by atoms with E-state index in [2.05, 4.69) is 0 Å². The average Bonchev–Trinajstić information content (AvgIpc) is 2.81. The van der Waals surface area contributed by atoms with E-state index in [9.17, 15) is 16.8 Å². The van der Waals surface area contributed by atoms with Gasteiger partial charge in [0.25, 0.3) is 0 Å². The first-order chi connectivity index (χ1) is 11.3. The molecule has 6 nitrogen and oxygen atoms in total. The number of hydrogen-bond acceptors (Lipinski definition) is 4. The van der Waals surface area contributed by atoms with Gasteiger partial charge in [-0.3, -0.25) is 0 Å². The summed E-state index contributed by atoms with van der Waals surface area (Å²) in [7, 11) is -6.72. The quantitative estimate of drug-likeness (QED) is 0.727. The van der Waals surface area contributed by atoms with Crippen molar-refractivity contribution in [3.8, 4) is 0 Å². The third-order valence-electron chi connectivity index (χ3n) is 4.15. The lowest BCUT2D eigenvalue weighted by molar-refractivity contribution is 0.403. The molecular weight excluding hydrogens is 348 g/mol. The van der Waals surface area contributed by atoms with E-state index >= 15 is 0 Å². The number of hydrogen-bond donors (Lipinski definition) is 0. The molecule has 1 saturated heterocycles. The van der Waals surface area contributed by atoms with Gasteiger partial charge in [-0.2, -0.15) is 0 Å². The fraction of sp³-hybridized carbons (Fsp3) is 0.625. The van der Waals surface area contributed by atoms with Gasteiger partial charge in [0.1, 0.15) is 0 Å². The molecule has 1 heterocycles. The standard InChI is InChI=1S/C16H26N2O4S2/c1-2-3-14-23(19,20)17-10-7-11-18(13-12-17)24(21,22)15-16-8-5-4-6-9-16/h4-6,8-9H,2-3,7,10-15H2,1H3. The maximum Gasteiger partial charge on any atom is 0.218 e. The molecule has 24 heavy (non-hydrogen) atoms. The van der Waals surface area contributed by atoms with Crippen molar-refractivity contribution in [1.29, 1.82) is 0 Å². The Hall–Kier alpha value is -0.960. The Morgan fingerprint density at radius 3 is 2.04 bits per heavy atom. The summed E-state index contributed by atoms with van der Waals surface area (Å²) in [6.45, 7) is 3.18. The summed E-state index contributed by atoms with van der Waals surface area (Å²) in [4.78, 5) is 0. The lowest BCUT2D eigenvalue weighted by atomic mass is 10.2. The van der Waals surface area contributed by atoms with Crippen LogP contribution in [0.25, 0.3) is 0 Å². The molecule has 0 aliphatic carbocycles. The van der Waals surface area contributed by atoms with Crippen molar-refractivity contribution >= 4 is 20.0 Å². The summed E-state index contributed by atoms with van der Waals surface area (Å²) in [5.41, 5.74) is 0.745. The van der Waals surface area contributed by atoms with Crippen LogP contribution in [0.15, 0.2) is 30.3 Å². The minimum absolute atomic E-state index is 0.0452. The molecule has 1 fully saturated rings. The van der Waals surface area contributed by atoms with E-state index in [0.29, 0.717) is 25.9 Å². The molecule has 2 rings (SSSR count). The summed E-state index contributed by atoms with van der Waals surface area (Å²) in [5.74, 6) is 0.0939. The molecule has 0 radical (unpaired) electrons. The molecule has 0 aromatic heterocycles. The first-order valence-electron chi connectivity index (χ1n) is 8.35. The zero-order valence-electron chi connectivity index (χ0n) is 14.1. The van der Waals surface area contributed by atoms with Gasteiger partial charge in [0.05, 0.1) is 11.5 Å². The molecule has 0 amide bonds. The van der Waals surface area contributed by atoms with Crippen LogP contribution >= 0.6 is 0 Å². The molecule has 0 bridgehead atoms. The van der Waals surface area contributed by atoms with Crippen molar-refractivity contribution in [2.45, 2.75) is 31.9 Å². The van der Waals surface area contributed by atoms with Crippen LogP contribution in [-0.4, -0.2) is 57.4 Å². The lowest BCUT2D eigenvalue weighted by Crippen LogP contribution is -2.38. The van der Waals surface area contributed by atoms with Gasteiger partial charge in [-0.15, -0.1) is 0 Å². The first kappa shape index (κ1) is 19.4. The van der Waals surface area contributed by atoms with Gasteiger partial charge in [-0.1, -0.05) is 43.7 Å². The van der Waals surface area contributed by atoms with E-state index in [1.54, 1.807) is 12.1 Å². The van der Waals surface area contributed by atoms with Crippen molar-refractivity contribution in [1.82, 2.24) is 8.61 Å². The Morgan fingerprint density at radius 1 is 0.875 bits per heavy atom. The van der Waals surface area contributed by atoms with Crippen molar-refractivity contribution in [2.75, 3.05) is 31.9 Å². The molecular formula is C16H26N2O4S2. The minimum Gasteiger partial charge on any atom is -0.212 e. The van der Waals surface area contributed by atoms with Gasteiger partial charge >= 0.3 is 0 Å². The van der Waals surface area contributed by atoms with E-state index < -0.39 is 20.0 Å². The van der Waals surface area contributed by atoms with Crippen LogP contribution in [-0.2, 0) is 25.8 Å². The average molecular weight is 375 g/mol. The van der Waals surface area contributed by atoms with E-state index in [-0.39, 0.29) is 24.6 Å². The second-order valence-electron chi connectivity index (χ2n) is 6.06. The molecule has 136 valence electrons. The SMILES string of the molecule is CCCCS(=O)(=O)N1CCCN(S(=O)(=O)Cc2ccccc2)CC1. The molecule has 1 aromatic rings. The molecule has 1 aliphatic heterocycles. The van der Waals surface area contributed by atoms with Crippen molar-refractivity contribution in [3.63, 3.8) is 0 Å². The summed E-state index contributed by atoms with van der Waals surface area (Å²) < 4.78 is 52.7. The van der Waals surface area contributed by atoms with Crippen LogP contribution in [0.1, 0.15) is 31.7 Å². The smallest absolute Gasteiger partial charge is 0.212 e. The molecule has 0 spiro atoms. The highest BCUT2D eigenvalue weighted by molar-refractivity contribution is 7.89. The maximum absolute atomic E-state index is 12.6. The third-order valence-corrected chi connectivity index (χ3v) is 7.95. The Bertz CT molecular complexity index is 718. The molecule has 0 N–H and O–H groups in total. The summed E-state index contributed by atoms with van der Waals surface area (Å²) in [6, 6.07) is 9.06. The first-order valence-corrected chi connectivity index (χ1v) is 11.6. The van der Waals surface area contributed by atoms with Gasteiger partial charge in [-0.05, 0) is 18.4 Å². The van der Waals surface area contributed by atoms with E-state index in [0.717, 1.165) is 12.0 Å². The topological polar surface area (TPSA) is 74.8 Å². The Morgan fingerprint density at radius 2 is 1.46 bits per heavy atom. The Balaban J connectivity index is 2.02. The number of rotatable bonds is 7. The second kappa shape index (κ2) is 8.42. The predicted octanol–water partition coefficient (Wildman–Crippen LogP) is 1.65. The van der Waals surface area contributed by atoms with Crippen LogP contribution in [0, 0.1) is 0 Å². The van der Waals surface area contributed by atoms with Crippen LogP contribution in [0.2, 0.25) is 0 Å². The highest BCUT2D eigenvalue weighted by Crippen LogP contribution is 2.16. The fourth-order valence-electron chi connectivity index (χ4n) is 2.76. The van der Waals surface area contributed by atoms with Crippen LogP contribution in [0.4, 0.5) is 0 Å². The number of benzene rings is 1. The monoisotopic (exact) mass is 374 g/mol. The van der Waals surface area contributed by atoms with Crippen LogP contribution < -0.4 is 0 Å². The maximum atomic E-state index is 12.6. The predicted molar refractivity (Wildman–Crippen MR) is 95.5 cm³/mol. The van der Waals surface area contributed by atoms with Gasteiger partial charge < -0.3 is 0 Å². The zero-order chi connectivity index (χ0) is 17.6. The normalized spacial score (nSPS) is 18.4. The fourth-order valence-corrected chi connectivity index (χ4v) is 6.00. The highest BCUT2D eigenvalue weighted by atomic mass is 32.2. The third kappa shape index (κ3) is 5.27. The van der Waals surface area contributed by atoms with Gasteiger partial charge in [0.15, 0.2) is 0 Å².